The topological polar surface area (TPSA) is 116 Å². The molecule has 1 aromatic rings. The predicted molar refractivity (Wildman–Crippen MR) is 141 cm³/mol. The Morgan fingerprint density at radius 1 is 1.11 bits per heavy atom. The van der Waals surface area contributed by atoms with Gasteiger partial charge in [-0.3, -0.25) is 0 Å². The summed E-state index contributed by atoms with van der Waals surface area (Å²) in [6, 6.07) is -0.822. The van der Waals surface area contributed by atoms with Crippen LogP contribution in [-0.4, -0.2) is 54.4 Å². The number of nitrogens with zero attached hydrogens (tertiary/aromatic N) is 1. The van der Waals surface area contributed by atoms with Crippen LogP contribution < -0.4 is 10.6 Å². The van der Waals surface area contributed by atoms with E-state index in [1.807, 2.05) is 13.8 Å². The van der Waals surface area contributed by atoms with E-state index >= 15 is 0 Å². The highest BCUT2D eigenvalue weighted by molar-refractivity contribution is 7.09. The number of methoxy groups -OCH3 is 1. The summed E-state index contributed by atoms with van der Waals surface area (Å²) in [5, 5.41) is 8.36. The van der Waals surface area contributed by atoms with Gasteiger partial charge in [0.2, 0.25) is 0 Å². The fourth-order valence-electron chi connectivity index (χ4n) is 3.76. The summed E-state index contributed by atoms with van der Waals surface area (Å²) in [6.07, 6.45) is 1.42. The number of hydrogen-bond acceptors (Lipinski definition) is 9. The highest BCUT2D eigenvalue weighted by Gasteiger charge is 2.35. The van der Waals surface area contributed by atoms with Crippen molar-refractivity contribution < 1.29 is 28.6 Å². The molecule has 10 heteroatoms. The standard InChI is InChI=1S/C26H45N3O6S/c1-10-13-27-18(16(4)5)14-20(22-28-19(15-36-22)23(30)33-9)34-24(31)21(17(11-2)12-3)29-25(32)35-26(6,7)8/h15-18,20-21,27H,10-14H2,1-9H3,(H,29,32)/t18-,20-,21+/m1/s1. The number of esters is 2. The van der Waals surface area contributed by atoms with Crippen molar-refractivity contribution in [1.29, 1.82) is 0 Å². The Hall–Kier alpha value is -2.20. The molecule has 9 nitrogen and oxygen atoms in total. The zero-order chi connectivity index (χ0) is 27.5. The lowest BCUT2D eigenvalue weighted by Crippen LogP contribution is -2.48. The molecule has 0 spiro atoms. The van der Waals surface area contributed by atoms with Crippen molar-refractivity contribution in [2.45, 2.75) is 105 Å². The minimum absolute atomic E-state index is 0.0543. The molecule has 0 fully saturated rings. The summed E-state index contributed by atoms with van der Waals surface area (Å²) >= 11 is 1.25. The third-order valence-electron chi connectivity index (χ3n) is 5.83. The van der Waals surface area contributed by atoms with E-state index in [2.05, 4.69) is 36.4 Å². The van der Waals surface area contributed by atoms with Crippen LogP contribution in [0.15, 0.2) is 5.38 Å². The van der Waals surface area contributed by atoms with Crippen LogP contribution >= 0.6 is 11.3 Å². The average molecular weight is 528 g/mol. The van der Waals surface area contributed by atoms with Crippen LogP contribution in [-0.2, 0) is 19.0 Å². The Morgan fingerprint density at radius 2 is 1.75 bits per heavy atom. The molecule has 0 aliphatic carbocycles. The molecule has 0 aromatic carbocycles. The third kappa shape index (κ3) is 10.4. The van der Waals surface area contributed by atoms with E-state index in [-0.39, 0.29) is 23.6 Å². The molecule has 0 radical (unpaired) electrons. The maximum Gasteiger partial charge on any atom is 0.408 e. The molecule has 0 saturated carbocycles. The molecule has 1 rings (SSSR count). The molecule has 0 bridgehead atoms. The first-order valence-electron chi connectivity index (χ1n) is 12.8. The second-order valence-electron chi connectivity index (χ2n) is 10.2. The lowest BCUT2D eigenvalue weighted by Gasteiger charge is -2.30. The smallest absolute Gasteiger partial charge is 0.408 e. The van der Waals surface area contributed by atoms with Gasteiger partial charge in [0.05, 0.1) is 7.11 Å². The van der Waals surface area contributed by atoms with E-state index in [0.29, 0.717) is 24.3 Å². The summed E-state index contributed by atoms with van der Waals surface area (Å²) in [7, 11) is 1.30. The number of hydrogen-bond donors (Lipinski definition) is 2. The average Bonchev–Trinajstić information content (AvgIpc) is 3.29. The SMILES string of the molecule is CCCN[C@H](C[C@@H](OC(=O)[C@@H](NC(=O)OC(C)(C)C)C(CC)CC)c1nc(C(=O)OC)cs1)C(C)C. The maximum atomic E-state index is 13.5. The molecule has 1 aromatic heterocycles. The van der Waals surface area contributed by atoms with E-state index in [9.17, 15) is 14.4 Å². The summed E-state index contributed by atoms with van der Waals surface area (Å²) < 4.78 is 16.2. The molecular formula is C26H45N3O6S. The summed E-state index contributed by atoms with van der Waals surface area (Å²) in [4.78, 5) is 42.5. The quantitative estimate of drug-likeness (QED) is 0.249. The van der Waals surface area contributed by atoms with Crippen LogP contribution in [0.3, 0.4) is 0 Å². The van der Waals surface area contributed by atoms with Crippen molar-refractivity contribution in [3.63, 3.8) is 0 Å². The monoisotopic (exact) mass is 527 g/mol. The van der Waals surface area contributed by atoms with Gasteiger partial charge in [-0.2, -0.15) is 0 Å². The van der Waals surface area contributed by atoms with Crippen LogP contribution in [0.2, 0.25) is 0 Å². The van der Waals surface area contributed by atoms with E-state index in [1.165, 1.54) is 18.4 Å². The van der Waals surface area contributed by atoms with Crippen molar-refractivity contribution in [2.24, 2.45) is 11.8 Å². The Bertz CT molecular complexity index is 832. The normalized spacial score (nSPS) is 14.3. The van der Waals surface area contributed by atoms with Crippen LogP contribution in [0.5, 0.6) is 0 Å². The predicted octanol–water partition coefficient (Wildman–Crippen LogP) is 5.26. The lowest BCUT2D eigenvalue weighted by atomic mass is 9.94. The zero-order valence-corrected chi connectivity index (χ0v) is 24.1. The largest absolute Gasteiger partial charge is 0.464 e. The van der Waals surface area contributed by atoms with Gasteiger partial charge in [0.1, 0.15) is 16.7 Å². The number of ether oxygens (including phenoxy) is 3. The molecule has 3 atom stereocenters. The van der Waals surface area contributed by atoms with Gasteiger partial charge >= 0.3 is 18.0 Å². The van der Waals surface area contributed by atoms with Crippen molar-refractivity contribution in [1.82, 2.24) is 15.6 Å². The first kappa shape index (κ1) is 31.8. The molecule has 206 valence electrons. The van der Waals surface area contributed by atoms with Gasteiger partial charge in [0.15, 0.2) is 11.8 Å². The van der Waals surface area contributed by atoms with E-state index < -0.39 is 35.8 Å². The summed E-state index contributed by atoms with van der Waals surface area (Å²) in [5.41, 5.74) is -0.528. The molecule has 1 amide bonds. The van der Waals surface area contributed by atoms with E-state index in [1.54, 1.807) is 26.2 Å². The number of carbonyl (C=O) groups excluding carboxylic acids is 3. The maximum absolute atomic E-state index is 13.5. The Kier molecular flexibility index (Phi) is 13.4. The minimum Gasteiger partial charge on any atom is -0.464 e. The van der Waals surface area contributed by atoms with E-state index in [4.69, 9.17) is 14.2 Å². The van der Waals surface area contributed by atoms with Gasteiger partial charge in [0, 0.05) is 17.8 Å². The Labute approximate surface area is 220 Å². The molecule has 0 saturated heterocycles. The molecular weight excluding hydrogens is 482 g/mol. The van der Waals surface area contributed by atoms with Gasteiger partial charge in [0.25, 0.3) is 0 Å². The molecule has 1 heterocycles. The number of thiazole rings is 1. The van der Waals surface area contributed by atoms with Crippen LogP contribution in [0, 0.1) is 11.8 Å². The van der Waals surface area contributed by atoms with Gasteiger partial charge in [-0.05, 0) is 45.6 Å². The molecule has 2 N–H and O–H groups in total. The zero-order valence-electron chi connectivity index (χ0n) is 23.3. The highest BCUT2D eigenvalue weighted by atomic mass is 32.1. The van der Waals surface area contributed by atoms with Gasteiger partial charge in [-0.15, -0.1) is 11.3 Å². The second-order valence-corrected chi connectivity index (χ2v) is 11.1. The number of amides is 1. The Morgan fingerprint density at radius 3 is 2.25 bits per heavy atom. The fourth-order valence-corrected chi connectivity index (χ4v) is 4.59. The lowest BCUT2D eigenvalue weighted by molar-refractivity contribution is -0.154. The number of carbonyl (C=O) groups is 3. The highest BCUT2D eigenvalue weighted by Crippen LogP contribution is 2.30. The van der Waals surface area contributed by atoms with Gasteiger partial charge < -0.3 is 24.8 Å². The minimum atomic E-state index is -0.876. The molecule has 0 aliphatic heterocycles. The van der Waals surface area contributed by atoms with Crippen molar-refractivity contribution >= 4 is 29.4 Å². The van der Waals surface area contributed by atoms with Crippen LogP contribution in [0.25, 0.3) is 0 Å². The number of aromatic nitrogens is 1. The third-order valence-corrected chi connectivity index (χ3v) is 6.76. The molecule has 0 unspecified atom stereocenters. The molecule has 0 aliphatic rings. The second kappa shape index (κ2) is 15.1. The first-order chi connectivity index (χ1) is 16.9. The summed E-state index contributed by atoms with van der Waals surface area (Å²) in [6.45, 7) is 16.4. The molecule has 36 heavy (non-hydrogen) atoms. The van der Waals surface area contributed by atoms with E-state index in [0.717, 1.165) is 13.0 Å². The number of nitrogens with one attached hydrogen (secondary N) is 2. The summed E-state index contributed by atoms with van der Waals surface area (Å²) in [5.74, 6) is -0.958. The van der Waals surface area contributed by atoms with Crippen LogP contribution in [0.1, 0.15) is 103 Å². The van der Waals surface area contributed by atoms with Crippen LogP contribution in [0.4, 0.5) is 4.79 Å². The fraction of sp³-hybridized carbons (Fsp3) is 0.769. The van der Waals surface area contributed by atoms with Crippen molar-refractivity contribution in [3.05, 3.63) is 16.1 Å². The van der Waals surface area contributed by atoms with Crippen molar-refractivity contribution in [2.75, 3.05) is 13.7 Å². The van der Waals surface area contributed by atoms with Gasteiger partial charge in [-0.1, -0.05) is 47.5 Å². The Balaban J connectivity index is 3.27. The first-order valence-corrected chi connectivity index (χ1v) is 13.7. The number of alkyl carbamates (subject to hydrolysis) is 1. The van der Waals surface area contributed by atoms with Crippen molar-refractivity contribution in [3.8, 4) is 0 Å². The number of rotatable bonds is 14. The van der Waals surface area contributed by atoms with Gasteiger partial charge in [-0.25, -0.2) is 19.4 Å².